The van der Waals surface area contributed by atoms with Gasteiger partial charge in [0.1, 0.15) is 11.0 Å². The summed E-state index contributed by atoms with van der Waals surface area (Å²) in [6.45, 7) is 5.88. The number of rotatable bonds is 2. The third-order valence-electron chi connectivity index (χ3n) is 4.47. The number of aromatic nitrogens is 3. The van der Waals surface area contributed by atoms with Crippen LogP contribution in [0.2, 0.25) is 5.15 Å². The Labute approximate surface area is 151 Å². The van der Waals surface area contributed by atoms with Crippen LogP contribution in [0.15, 0.2) is 35.5 Å². The van der Waals surface area contributed by atoms with Crippen molar-refractivity contribution in [3.63, 3.8) is 0 Å². The van der Waals surface area contributed by atoms with E-state index in [0.29, 0.717) is 16.2 Å². The Hall–Kier alpha value is -2.71. The summed E-state index contributed by atoms with van der Waals surface area (Å²) in [5.41, 5.74) is 4.18. The van der Waals surface area contributed by atoms with Gasteiger partial charge in [0, 0.05) is 12.4 Å². The highest BCUT2D eigenvalue weighted by Crippen LogP contribution is 2.23. The van der Waals surface area contributed by atoms with E-state index in [-0.39, 0.29) is 6.04 Å². The Balaban J connectivity index is 2.24. The molecule has 2 aromatic heterocycles. The van der Waals surface area contributed by atoms with Crippen LogP contribution < -0.4 is 5.49 Å². The number of hydrogen-bond donors (Lipinski definition) is 0. The fraction of sp³-hybridized carbons (Fsp3) is 0.263. The standard InChI is InChI=1S/C19H18ClN5/c1-11-14(9-21)6-5-7-15(11)12(2)23-19-16-8-18(20)22-10-17(16)25(4)13(3)24-19/h5-8,10,12H,1-4H3/b23-19-. The molecule has 25 heavy (non-hydrogen) atoms. The Morgan fingerprint density at radius 3 is 2.80 bits per heavy atom. The Morgan fingerprint density at radius 1 is 1.32 bits per heavy atom. The molecular weight excluding hydrogens is 334 g/mol. The maximum Gasteiger partial charge on any atom is 0.159 e. The summed E-state index contributed by atoms with van der Waals surface area (Å²) < 4.78 is 1.96. The Bertz CT molecular complexity index is 1080. The fourth-order valence-corrected chi connectivity index (χ4v) is 3.07. The van der Waals surface area contributed by atoms with Crippen molar-refractivity contribution in [2.45, 2.75) is 26.8 Å². The van der Waals surface area contributed by atoms with Crippen molar-refractivity contribution < 1.29 is 0 Å². The van der Waals surface area contributed by atoms with Crippen molar-refractivity contribution in [3.05, 3.63) is 63.6 Å². The van der Waals surface area contributed by atoms with Crippen molar-refractivity contribution in [3.8, 4) is 6.07 Å². The number of nitriles is 1. The zero-order valence-corrected chi connectivity index (χ0v) is 15.3. The van der Waals surface area contributed by atoms with Crippen LogP contribution in [0, 0.1) is 25.2 Å². The highest BCUT2D eigenvalue weighted by Gasteiger charge is 2.12. The molecule has 0 fully saturated rings. The summed E-state index contributed by atoms with van der Waals surface area (Å²) in [4.78, 5) is 13.6. The van der Waals surface area contributed by atoms with E-state index in [1.165, 1.54) is 0 Å². The number of nitrogens with zero attached hydrogens (tertiary/aromatic N) is 5. The minimum absolute atomic E-state index is 0.136. The Morgan fingerprint density at radius 2 is 2.08 bits per heavy atom. The molecule has 6 heteroatoms. The molecule has 0 aliphatic rings. The maximum atomic E-state index is 9.24. The van der Waals surface area contributed by atoms with E-state index in [0.717, 1.165) is 27.9 Å². The van der Waals surface area contributed by atoms with Gasteiger partial charge in [-0.2, -0.15) is 5.26 Å². The van der Waals surface area contributed by atoms with E-state index in [1.807, 2.05) is 50.6 Å². The van der Waals surface area contributed by atoms with Gasteiger partial charge in [-0.15, -0.1) is 0 Å². The average molecular weight is 352 g/mol. The first kappa shape index (κ1) is 17.1. The van der Waals surface area contributed by atoms with E-state index in [2.05, 4.69) is 16.0 Å². The van der Waals surface area contributed by atoms with Gasteiger partial charge in [0.05, 0.1) is 29.4 Å². The van der Waals surface area contributed by atoms with Crippen molar-refractivity contribution in [1.29, 1.82) is 5.26 Å². The molecule has 126 valence electrons. The molecule has 3 rings (SSSR count). The van der Waals surface area contributed by atoms with Crippen LogP contribution in [-0.4, -0.2) is 14.5 Å². The summed E-state index contributed by atoms with van der Waals surface area (Å²) in [5, 5.41) is 10.5. The minimum atomic E-state index is -0.136. The monoisotopic (exact) mass is 351 g/mol. The zero-order chi connectivity index (χ0) is 18.1. The molecular formula is C19H18ClN5. The molecule has 1 unspecified atom stereocenters. The molecule has 5 nitrogen and oxygen atoms in total. The van der Waals surface area contributed by atoms with E-state index in [1.54, 1.807) is 12.3 Å². The van der Waals surface area contributed by atoms with Crippen LogP contribution in [0.5, 0.6) is 0 Å². The van der Waals surface area contributed by atoms with Gasteiger partial charge in [0.25, 0.3) is 0 Å². The van der Waals surface area contributed by atoms with E-state index in [9.17, 15) is 5.26 Å². The third-order valence-corrected chi connectivity index (χ3v) is 4.67. The summed E-state index contributed by atoms with van der Waals surface area (Å²) in [5.74, 6) is 0.838. The lowest BCUT2D eigenvalue weighted by atomic mass is 9.98. The number of halogens is 1. The third kappa shape index (κ3) is 3.13. The van der Waals surface area contributed by atoms with Crippen LogP contribution in [0.25, 0.3) is 10.9 Å². The van der Waals surface area contributed by atoms with Gasteiger partial charge in [-0.25, -0.2) is 9.97 Å². The zero-order valence-electron chi connectivity index (χ0n) is 14.6. The molecule has 0 aliphatic heterocycles. The summed E-state index contributed by atoms with van der Waals surface area (Å²) in [7, 11) is 1.94. The van der Waals surface area contributed by atoms with Crippen LogP contribution >= 0.6 is 11.6 Å². The second-order valence-corrected chi connectivity index (χ2v) is 6.39. The van der Waals surface area contributed by atoms with Gasteiger partial charge in [-0.1, -0.05) is 23.7 Å². The van der Waals surface area contributed by atoms with Gasteiger partial charge >= 0.3 is 0 Å². The first-order chi connectivity index (χ1) is 11.9. The molecule has 1 atom stereocenters. The SMILES string of the molecule is Cc1c(C#N)cccc1C(C)/N=c1\nc(C)n(C)c2cnc(Cl)cc12. The van der Waals surface area contributed by atoms with Crippen LogP contribution in [0.1, 0.15) is 35.5 Å². The maximum absolute atomic E-state index is 9.24. The molecule has 1 aromatic carbocycles. The van der Waals surface area contributed by atoms with E-state index < -0.39 is 0 Å². The van der Waals surface area contributed by atoms with Gasteiger partial charge in [-0.05, 0) is 44.0 Å². The predicted molar refractivity (Wildman–Crippen MR) is 98.1 cm³/mol. The highest BCUT2D eigenvalue weighted by molar-refractivity contribution is 6.30. The predicted octanol–water partition coefficient (Wildman–Crippen LogP) is 3.77. The summed E-state index contributed by atoms with van der Waals surface area (Å²) in [6, 6.07) is 9.57. The normalized spacial score (nSPS) is 13.0. The largest absolute Gasteiger partial charge is 0.331 e. The molecule has 3 aromatic rings. The topological polar surface area (TPSA) is 66.9 Å². The molecule has 0 spiro atoms. The van der Waals surface area contributed by atoms with Crippen molar-refractivity contribution in [2.75, 3.05) is 0 Å². The van der Waals surface area contributed by atoms with E-state index in [4.69, 9.17) is 16.6 Å². The van der Waals surface area contributed by atoms with Gasteiger partial charge < -0.3 is 4.57 Å². The molecule has 0 saturated heterocycles. The smallest absolute Gasteiger partial charge is 0.159 e. The number of hydrogen-bond acceptors (Lipinski definition) is 4. The number of aryl methyl sites for hydroxylation is 2. The molecule has 0 bridgehead atoms. The first-order valence-corrected chi connectivity index (χ1v) is 8.32. The molecule has 0 amide bonds. The lowest BCUT2D eigenvalue weighted by Gasteiger charge is -2.13. The minimum Gasteiger partial charge on any atom is -0.331 e. The average Bonchev–Trinajstić information content (AvgIpc) is 2.59. The second kappa shape index (κ2) is 6.66. The van der Waals surface area contributed by atoms with Crippen molar-refractivity contribution in [1.82, 2.24) is 14.5 Å². The quantitative estimate of drug-likeness (QED) is 0.660. The molecule has 0 N–H and O–H groups in total. The van der Waals surface area contributed by atoms with Gasteiger partial charge in [-0.3, -0.25) is 4.99 Å². The second-order valence-electron chi connectivity index (χ2n) is 6.00. The molecule has 2 heterocycles. The molecule has 0 radical (unpaired) electrons. The first-order valence-electron chi connectivity index (χ1n) is 7.94. The van der Waals surface area contributed by atoms with Crippen molar-refractivity contribution >= 4 is 22.5 Å². The Kier molecular flexibility index (Phi) is 4.56. The highest BCUT2D eigenvalue weighted by atomic mass is 35.5. The van der Waals surface area contributed by atoms with Crippen LogP contribution in [-0.2, 0) is 7.05 Å². The van der Waals surface area contributed by atoms with Crippen LogP contribution in [0.3, 0.4) is 0 Å². The van der Waals surface area contributed by atoms with Crippen LogP contribution in [0.4, 0.5) is 0 Å². The van der Waals surface area contributed by atoms with E-state index >= 15 is 0 Å². The fourth-order valence-electron chi connectivity index (χ4n) is 2.91. The van der Waals surface area contributed by atoms with Gasteiger partial charge in [0.15, 0.2) is 5.49 Å². The number of pyridine rings is 1. The van der Waals surface area contributed by atoms with Crippen molar-refractivity contribution in [2.24, 2.45) is 12.0 Å². The molecule has 0 saturated carbocycles. The summed E-state index contributed by atoms with van der Waals surface area (Å²) in [6.07, 6.45) is 1.73. The number of fused-ring (bicyclic) bond motifs is 1. The summed E-state index contributed by atoms with van der Waals surface area (Å²) >= 11 is 6.08. The van der Waals surface area contributed by atoms with Gasteiger partial charge in [0.2, 0.25) is 0 Å². The lowest BCUT2D eigenvalue weighted by molar-refractivity contribution is 0.754. The molecule has 0 aliphatic carbocycles. The lowest BCUT2D eigenvalue weighted by Crippen LogP contribution is -2.18. The number of benzene rings is 1.